The van der Waals surface area contributed by atoms with Gasteiger partial charge in [-0.2, -0.15) is 0 Å². The maximum atomic E-state index is 11.6. The van der Waals surface area contributed by atoms with Crippen LogP contribution in [0.15, 0.2) is 0 Å². The molecule has 0 aromatic heterocycles. The zero-order valence-corrected chi connectivity index (χ0v) is 15.7. The molecule has 0 aliphatic heterocycles. The van der Waals surface area contributed by atoms with Crippen molar-refractivity contribution in [2.75, 3.05) is 6.61 Å². The van der Waals surface area contributed by atoms with Gasteiger partial charge in [-0.25, -0.2) is 0 Å². The summed E-state index contributed by atoms with van der Waals surface area (Å²) in [5, 5.41) is 0. The van der Waals surface area contributed by atoms with E-state index in [2.05, 4.69) is 13.8 Å². The van der Waals surface area contributed by atoms with Gasteiger partial charge in [0.1, 0.15) is 0 Å². The van der Waals surface area contributed by atoms with Gasteiger partial charge in [0.25, 0.3) is 0 Å². The number of carbonyl (C=O) groups excluding carboxylic acids is 1. The van der Waals surface area contributed by atoms with Crippen molar-refractivity contribution in [3.05, 3.63) is 0 Å². The Morgan fingerprint density at radius 2 is 1.23 bits per heavy atom. The highest BCUT2D eigenvalue weighted by atomic mass is 16.5. The number of carbonyl (C=O) groups is 1. The predicted molar refractivity (Wildman–Crippen MR) is 96.0 cm³/mol. The van der Waals surface area contributed by atoms with E-state index in [0.717, 1.165) is 0 Å². The second-order valence-electron chi connectivity index (χ2n) is 7.06. The first-order valence-corrected chi connectivity index (χ1v) is 9.78. The average Bonchev–Trinajstić information content (AvgIpc) is 2.51. The van der Waals surface area contributed by atoms with Crippen molar-refractivity contribution in [3.63, 3.8) is 0 Å². The van der Waals surface area contributed by atoms with E-state index >= 15 is 0 Å². The zero-order valence-electron chi connectivity index (χ0n) is 15.7. The molecule has 0 fully saturated rings. The standard InChI is InChI=1S/C20H40O2/c1-5-7-9-11-12-14-16-19(15-13-10-8-6-2)17-22-20(21)18(3)4/h18-19H,5-17H2,1-4H3. The van der Waals surface area contributed by atoms with Crippen LogP contribution >= 0.6 is 0 Å². The number of esters is 1. The summed E-state index contributed by atoms with van der Waals surface area (Å²) < 4.78 is 5.48. The topological polar surface area (TPSA) is 26.3 Å². The van der Waals surface area contributed by atoms with Gasteiger partial charge in [-0.15, -0.1) is 0 Å². The monoisotopic (exact) mass is 312 g/mol. The Labute approximate surface area is 139 Å². The molecule has 132 valence electrons. The number of unbranched alkanes of at least 4 members (excludes halogenated alkanes) is 8. The van der Waals surface area contributed by atoms with Gasteiger partial charge in [-0.3, -0.25) is 4.79 Å². The lowest BCUT2D eigenvalue weighted by molar-refractivity contribution is -0.148. The molecule has 2 heteroatoms. The van der Waals surface area contributed by atoms with Crippen molar-refractivity contribution < 1.29 is 9.53 Å². The molecule has 0 saturated carbocycles. The molecule has 0 bridgehead atoms. The van der Waals surface area contributed by atoms with Crippen molar-refractivity contribution >= 4 is 5.97 Å². The smallest absolute Gasteiger partial charge is 0.308 e. The lowest BCUT2D eigenvalue weighted by atomic mass is 9.95. The quantitative estimate of drug-likeness (QED) is 0.254. The van der Waals surface area contributed by atoms with E-state index in [1.54, 1.807) is 0 Å². The summed E-state index contributed by atoms with van der Waals surface area (Å²) in [6.45, 7) is 8.96. The molecular formula is C20H40O2. The highest BCUT2D eigenvalue weighted by Crippen LogP contribution is 2.19. The van der Waals surface area contributed by atoms with E-state index in [9.17, 15) is 4.79 Å². The first-order valence-electron chi connectivity index (χ1n) is 9.78. The molecule has 0 aliphatic carbocycles. The molecule has 0 spiro atoms. The Hall–Kier alpha value is -0.530. The van der Waals surface area contributed by atoms with E-state index in [-0.39, 0.29) is 11.9 Å². The van der Waals surface area contributed by atoms with Crippen LogP contribution in [-0.2, 0) is 9.53 Å². The third-order valence-corrected chi connectivity index (χ3v) is 4.36. The molecule has 0 N–H and O–H groups in total. The molecule has 0 heterocycles. The Morgan fingerprint density at radius 3 is 1.73 bits per heavy atom. The van der Waals surface area contributed by atoms with Gasteiger partial charge < -0.3 is 4.74 Å². The number of hydrogen-bond acceptors (Lipinski definition) is 2. The zero-order chi connectivity index (χ0) is 16.6. The lowest BCUT2D eigenvalue weighted by Gasteiger charge is -2.18. The van der Waals surface area contributed by atoms with Gasteiger partial charge in [0.2, 0.25) is 0 Å². The lowest BCUT2D eigenvalue weighted by Crippen LogP contribution is -2.18. The van der Waals surface area contributed by atoms with Crippen LogP contribution in [0.3, 0.4) is 0 Å². The third kappa shape index (κ3) is 13.2. The molecule has 0 radical (unpaired) electrons. The van der Waals surface area contributed by atoms with Crippen molar-refractivity contribution in [1.29, 1.82) is 0 Å². The molecule has 0 amide bonds. The minimum Gasteiger partial charge on any atom is -0.465 e. The van der Waals surface area contributed by atoms with Crippen molar-refractivity contribution in [2.45, 2.75) is 105 Å². The van der Waals surface area contributed by atoms with Gasteiger partial charge in [0.05, 0.1) is 12.5 Å². The van der Waals surface area contributed by atoms with Crippen LogP contribution in [0, 0.1) is 11.8 Å². The minimum atomic E-state index is -0.0403. The van der Waals surface area contributed by atoms with Crippen LogP contribution in [0.2, 0.25) is 0 Å². The number of rotatable bonds is 15. The van der Waals surface area contributed by atoms with E-state index in [4.69, 9.17) is 4.74 Å². The van der Waals surface area contributed by atoms with Crippen LogP contribution in [-0.4, -0.2) is 12.6 Å². The van der Waals surface area contributed by atoms with Gasteiger partial charge >= 0.3 is 5.97 Å². The summed E-state index contributed by atoms with van der Waals surface area (Å²) in [4.78, 5) is 11.6. The van der Waals surface area contributed by atoms with E-state index < -0.39 is 0 Å². The summed E-state index contributed by atoms with van der Waals surface area (Å²) in [5.41, 5.74) is 0. The Bertz CT molecular complexity index is 248. The second-order valence-corrected chi connectivity index (χ2v) is 7.06. The average molecular weight is 313 g/mol. The summed E-state index contributed by atoms with van der Waals surface area (Å²) in [6.07, 6.45) is 15.7. The van der Waals surface area contributed by atoms with Crippen molar-refractivity contribution in [2.24, 2.45) is 11.8 Å². The van der Waals surface area contributed by atoms with Gasteiger partial charge in [0.15, 0.2) is 0 Å². The van der Waals surface area contributed by atoms with E-state index in [0.29, 0.717) is 12.5 Å². The number of ether oxygens (including phenoxy) is 1. The van der Waals surface area contributed by atoms with Gasteiger partial charge in [-0.1, -0.05) is 91.9 Å². The molecule has 22 heavy (non-hydrogen) atoms. The summed E-state index contributed by atoms with van der Waals surface area (Å²) in [5.74, 6) is 0.530. The maximum Gasteiger partial charge on any atom is 0.308 e. The largest absolute Gasteiger partial charge is 0.465 e. The Morgan fingerprint density at radius 1 is 0.773 bits per heavy atom. The number of hydrogen-bond donors (Lipinski definition) is 0. The molecule has 1 unspecified atom stereocenters. The van der Waals surface area contributed by atoms with Gasteiger partial charge in [-0.05, 0) is 18.8 Å². The Kier molecular flexibility index (Phi) is 15.0. The summed E-state index contributed by atoms with van der Waals surface area (Å²) >= 11 is 0. The molecule has 2 nitrogen and oxygen atoms in total. The molecule has 0 aromatic rings. The maximum absolute atomic E-state index is 11.6. The van der Waals surface area contributed by atoms with Gasteiger partial charge in [0, 0.05) is 0 Å². The Balaban J connectivity index is 3.91. The molecule has 0 saturated heterocycles. The highest BCUT2D eigenvalue weighted by Gasteiger charge is 2.14. The molecule has 1 atom stereocenters. The van der Waals surface area contributed by atoms with Crippen LogP contribution in [0.25, 0.3) is 0 Å². The normalized spacial score (nSPS) is 12.6. The van der Waals surface area contributed by atoms with E-state index in [1.807, 2.05) is 13.8 Å². The molecular weight excluding hydrogens is 272 g/mol. The fraction of sp³-hybridized carbons (Fsp3) is 0.950. The SMILES string of the molecule is CCCCCCCCC(CCCCCC)COC(=O)C(C)C. The van der Waals surface area contributed by atoms with Crippen molar-refractivity contribution in [1.82, 2.24) is 0 Å². The highest BCUT2D eigenvalue weighted by molar-refractivity contribution is 5.71. The molecule has 0 rings (SSSR count). The van der Waals surface area contributed by atoms with E-state index in [1.165, 1.54) is 77.0 Å². The second kappa shape index (κ2) is 15.4. The minimum absolute atomic E-state index is 0.00483. The summed E-state index contributed by atoms with van der Waals surface area (Å²) in [6, 6.07) is 0. The predicted octanol–water partition coefficient (Wildman–Crippen LogP) is 6.52. The first-order chi connectivity index (χ1) is 10.6. The summed E-state index contributed by atoms with van der Waals surface area (Å²) in [7, 11) is 0. The third-order valence-electron chi connectivity index (χ3n) is 4.36. The van der Waals surface area contributed by atoms with Crippen LogP contribution in [0.4, 0.5) is 0 Å². The fourth-order valence-electron chi connectivity index (χ4n) is 2.75. The van der Waals surface area contributed by atoms with Crippen LogP contribution in [0.1, 0.15) is 105 Å². The molecule has 0 aromatic carbocycles. The first kappa shape index (κ1) is 21.5. The van der Waals surface area contributed by atoms with Crippen LogP contribution < -0.4 is 0 Å². The van der Waals surface area contributed by atoms with Crippen LogP contribution in [0.5, 0.6) is 0 Å². The fourth-order valence-corrected chi connectivity index (χ4v) is 2.75. The van der Waals surface area contributed by atoms with Crippen molar-refractivity contribution in [3.8, 4) is 0 Å². The molecule has 0 aliphatic rings.